The predicted octanol–water partition coefficient (Wildman–Crippen LogP) is 2.85. The minimum absolute atomic E-state index is 0.131. The number of anilines is 1. The first-order valence-corrected chi connectivity index (χ1v) is 5.89. The Morgan fingerprint density at radius 1 is 1.07 bits per heavy atom. The van der Waals surface area contributed by atoms with Gasteiger partial charge in [-0.25, -0.2) is 0 Å². The summed E-state index contributed by atoms with van der Waals surface area (Å²) in [5, 5.41) is 0. The molecular weight excluding hydrogens is 184 g/mol. The van der Waals surface area contributed by atoms with Gasteiger partial charge >= 0.3 is 0 Å². The van der Waals surface area contributed by atoms with Crippen LogP contribution in [-0.4, -0.2) is 0 Å². The van der Waals surface area contributed by atoms with Crippen LogP contribution in [0.25, 0.3) is 0 Å². The fraction of sp³-hybridized carbons (Fsp3) is 0.538. The molecule has 15 heavy (non-hydrogen) atoms. The van der Waals surface area contributed by atoms with Gasteiger partial charge in [-0.2, -0.15) is 0 Å². The van der Waals surface area contributed by atoms with Gasteiger partial charge in [-0.1, -0.05) is 37.5 Å². The Kier molecular flexibility index (Phi) is 3.27. The minimum atomic E-state index is 0.131. The molecule has 1 aromatic carbocycles. The van der Waals surface area contributed by atoms with Gasteiger partial charge in [0.25, 0.3) is 0 Å². The fourth-order valence-electron chi connectivity index (χ4n) is 2.56. The molecule has 0 saturated heterocycles. The Bertz CT molecular complexity index is 316. The van der Waals surface area contributed by atoms with Gasteiger partial charge in [0.2, 0.25) is 0 Å². The number of hydrogen-bond acceptors (Lipinski definition) is 2. The monoisotopic (exact) mass is 204 g/mol. The highest BCUT2D eigenvalue weighted by Gasteiger charge is 2.22. The molecule has 0 aromatic heterocycles. The van der Waals surface area contributed by atoms with E-state index in [1.54, 1.807) is 0 Å². The lowest BCUT2D eigenvalue weighted by molar-refractivity contribution is 0.308. The van der Waals surface area contributed by atoms with Gasteiger partial charge in [0.1, 0.15) is 0 Å². The van der Waals surface area contributed by atoms with Crippen molar-refractivity contribution in [2.24, 2.45) is 11.7 Å². The van der Waals surface area contributed by atoms with Gasteiger partial charge in [-0.15, -0.1) is 0 Å². The van der Waals surface area contributed by atoms with Gasteiger partial charge in [0.15, 0.2) is 0 Å². The summed E-state index contributed by atoms with van der Waals surface area (Å²) in [6.07, 6.45) is 6.54. The second-order valence-corrected chi connectivity index (χ2v) is 4.55. The lowest BCUT2D eigenvalue weighted by atomic mass is 9.81. The van der Waals surface area contributed by atoms with E-state index in [-0.39, 0.29) is 6.04 Å². The normalized spacial score (nSPS) is 20.1. The molecule has 2 nitrogen and oxygen atoms in total. The maximum atomic E-state index is 6.29. The summed E-state index contributed by atoms with van der Waals surface area (Å²) < 4.78 is 0. The first kappa shape index (κ1) is 10.5. The van der Waals surface area contributed by atoms with E-state index < -0.39 is 0 Å². The smallest absolute Gasteiger partial charge is 0.0362 e. The standard InChI is InChI=1S/C13H20N2/c14-12-9-5-4-8-11(12)13(15)10-6-2-1-3-7-10/h4-5,8-10,13H,1-3,6-7,14-15H2. The molecule has 4 N–H and O–H groups in total. The molecule has 0 radical (unpaired) electrons. The quantitative estimate of drug-likeness (QED) is 0.728. The van der Waals surface area contributed by atoms with E-state index in [2.05, 4.69) is 6.07 Å². The average Bonchev–Trinajstić information content (AvgIpc) is 2.30. The first-order valence-electron chi connectivity index (χ1n) is 5.89. The molecule has 2 heteroatoms. The van der Waals surface area contributed by atoms with E-state index in [1.807, 2.05) is 18.2 Å². The summed E-state index contributed by atoms with van der Waals surface area (Å²) >= 11 is 0. The Balaban J connectivity index is 2.12. The number of benzene rings is 1. The highest BCUT2D eigenvalue weighted by molar-refractivity contribution is 5.48. The second-order valence-electron chi connectivity index (χ2n) is 4.55. The van der Waals surface area contributed by atoms with Gasteiger partial charge < -0.3 is 11.5 Å². The number of hydrogen-bond donors (Lipinski definition) is 2. The molecule has 0 bridgehead atoms. The Labute approximate surface area is 91.7 Å². The topological polar surface area (TPSA) is 52.0 Å². The van der Waals surface area contributed by atoms with Crippen molar-refractivity contribution in [3.63, 3.8) is 0 Å². The van der Waals surface area contributed by atoms with Crippen LogP contribution in [0.1, 0.15) is 43.7 Å². The van der Waals surface area contributed by atoms with Crippen molar-refractivity contribution < 1.29 is 0 Å². The van der Waals surface area contributed by atoms with Gasteiger partial charge in [0, 0.05) is 11.7 Å². The van der Waals surface area contributed by atoms with Crippen LogP contribution in [0, 0.1) is 5.92 Å². The predicted molar refractivity (Wildman–Crippen MR) is 64.4 cm³/mol. The zero-order chi connectivity index (χ0) is 10.7. The average molecular weight is 204 g/mol. The van der Waals surface area contributed by atoms with Crippen LogP contribution in [0.3, 0.4) is 0 Å². The van der Waals surface area contributed by atoms with E-state index in [0.717, 1.165) is 11.3 Å². The van der Waals surface area contributed by atoms with Crippen LogP contribution < -0.4 is 11.5 Å². The first-order chi connectivity index (χ1) is 7.29. The molecule has 82 valence electrons. The van der Waals surface area contributed by atoms with Gasteiger partial charge in [0.05, 0.1) is 0 Å². The van der Waals surface area contributed by atoms with Crippen molar-refractivity contribution in [1.29, 1.82) is 0 Å². The van der Waals surface area contributed by atoms with E-state index in [4.69, 9.17) is 11.5 Å². The third-order valence-corrected chi connectivity index (χ3v) is 3.51. The summed E-state index contributed by atoms with van der Waals surface area (Å²) in [6, 6.07) is 8.12. The molecular formula is C13H20N2. The molecule has 0 aliphatic heterocycles. The molecule has 1 aromatic rings. The van der Waals surface area contributed by atoms with Crippen molar-refractivity contribution in [3.05, 3.63) is 29.8 Å². The maximum Gasteiger partial charge on any atom is 0.0362 e. The Hall–Kier alpha value is -1.02. The van der Waals surface area contributed by atoms with Crippen molar-refractivity contribution in [2.45, 2.75) is 38.1 Å². The van der Waals surface area contributed by atoms with Crippen molar-refractivity contribution in [3.8, 4) is 0 Å². The maximum absolute atomic E-state index is 6.29. The molecule has 1 atom stereocenters. The van der Waals surface area contributed by atoms with Crippen LogP contribution in [0.2, 0.25) is 0 Å². The summed E-state index contributed by atoms with van der Waals surface area (Å²) in [5.74, 6) is 0.628. The molecule has 1 saturated carbocycles. The van der Waals surface area contributed by atoms with Crippen molar-refractivity contribution in [1.82, 2.24) is 0 Å². The third kappa shape index (κ3) is 2.32. The molecule has 1 fully saturated rings. The number of nitrogens with two attached hydrogens (primary N) is 2. The van der Waals surface area contributed by atoms with Crippen molar-refractivity contribution in [2.75, 3.05) is 5.73 Å². The highest BCUT2D eigenvalue weighted by Crippen LogP contribution is 2.34. The molecule has 1 aliphatic carbocycles. The van der Waals surface area contributed by atoms with Crippen LogP contribution >= 0.6 is 0 Å². The third-order valence-electron chi connectivity index (χ3n) is 3.51. The van der Waals surface area contributed by atoms with Gasteiger partial charge in [-0.05, 0) is 30.4 Å². The zero-order valence-corrected chi connectivity index (χ0v) is 9.15. The molecule has 2 rings (SSSR count). The van der Waals surface area contributed by atoms with E-state index in [9.17, 15) is 0 Å². The van der Waals surface area contributed by atoms with E-state index in [1.165, 1.54) is 32.1 Å². The highest BCUT2D eigenvalue weighted by atomic mass is 14.7. The van der Waals surface area contributed by atoms with Crippen LogP contribution in [0.5, 0.6) is 0 Å². The minimum Gasteiger partial charge on any atom is -0.398 e. The molecule has 0 heterocycles. The molecule has 0 spiro atoms. The summed E-state index contributed by atoms with van der Waals surface area (Å²) in [6.45, 7) is 0. The summed E-state index contributed by atoms with van der Waals surface area (Å²) in [7, 11) is 0. The Morgan fingerprint density at radius 2 is 1.73 bits per heavy atom. The van der Waals surface area contributed by atoms with E-state index in [0.29, 0.717) is 5.92 Å². The van der Waals surface area contributed by atoms with Crippen molar-refractivity contribution >= 4 is 5.69 Å². The zero-order valence-electron chi connectivity index (χ0n) is 9.15. The molecule has 0 amide bonds. The summed E-state index contributed by atoms with van der Waals surface area (Å²) in [4.78, 5) is 0. The second kappa shape index (κ2) is 4.67. The lowest BCUT2D eigenvalue weighted by Crippen LogP contribution is -2.24. The molecule has 1 unspecified atom stereocenters. The SMILES string of the molecule is Nc1ccccc1C(N)C1CCCCC1. The number of rotatable bonds is 2. The molecule has 1 aliphatic rings. The van der Waals surface area contributed by atoms with Crippen LogP contribution in [-0.2, 0) is 0 Å². The number of para-hydroxylation sites is 1. The largest absolute Gasteiger partial charge is 0.398 e. The lowest BCUT2D eigenvalue weighted by Gasteiger charge is -2.28. The van der Waals surface area contributed by atoms with Crippen LogP contribution in [0.15, 0.2) is 24.3 Å². The number of nitrogen functional groups attached to an aromatic ring is 1. The van der Waals surface area contributed by atoms with Crippen LogP contribution in [0.4, 0.5) is 5.69 Å². The van der Waals surface area contributed by atoms with Gasteiger partial charge in [-0.3, -0.25) is 0 Å². The Morgan fingerprint density at radius 3 is 2.40 bits per heavy atom. The van der Waals surface area contributed by atoms with E-state index >= 15 is 0 Å². The fourth-order valence-corrected chi connectivity index (χ4v) is 2.56. The summed E-state index contributed by atoms with van der Waals surface area (Å²) in [5.41, 5.74) is 14.2.